The molecule has 0 aliphatic carbocycles. The van der Waals surface area contributed by atoms with Gasteiger partial charge in [-0.15, -0.1) is 0 Å². The van der Waals surface area contributed by atoms with Gasteiger partial charge in [0, 0.05) is 31.0 Å². The lowest BCUT2D eigenvalue weighted by atomic mass is 10.2. The summed E-state index contributed by atoms with van der Waals surface area (Å²) < 4.78 is 6.37. The Labute approximate surface area is 133 Å². The van der Waals surface area contributed by atoms with Crippen molar-refractivity contribution in [2.24, 2.45) is 7.05 Å². The highest BCUT2D eigenvalue weighted by molar-refractivity contribution is 6.32. The van der Waals surface area contributed by atoms with Gasteiger partial charge in [-0.05, 0) is 19.1 Å². The Hall–Kier alpha value is -2.83. The van der Waals surface area contributed by atoms with E-state index in [2.05, 4.69) is 15.4 Å². The minimum Gasteiger partial charge on any atom is -0.459 e. The molecule has 0 fully saturated rings. The largest absolute Gasteiger partial charge is 0.459 e. The van der Waals surface area contributed by atoms with E-state index < -0.39 is 11.9 Å². The quantitative estimate of drug-likeness (QED) is 0.480. The molecule has 0 aliphatic heterocycles. The maximum atomic E-state index is 12.2. The highest BCUT2D eigenvalue weighted by atomic mass is 16.5. The highest BCUT2D eigenvalue weighted by Crippen LogP contribution is 2.17. The number of aromatic nitrogens is 1. The van der Waals surface area contributed by atoms with Crippen molar-refractivity contribution in [2.75, 3.05) is 19.7 Å². The number of nitrogens with zero attached hydrogens (tertiary/aromatic N) is 1. The average Bonchev–Trinajstić information content (AvgIpc) is 2.89. The van der Waals surface area contributed by atoms with Gasteiger partial charge < -0.3 is 19.9 Å². The van der Waals surface area contributed by atoms with Crippen LogP contribution in [-0.2, 0) is 21.4 Å². The van der Waals surface area contributed by atoms with Gasteiger partial charge in [-0.2, -0.15) is 0 Å². The molecule has 122 valence electrons. The number of para-hydroxylation sites is 1. The van der Waals surface area contributed by atoms with E-state index in [1.54, 1.807) is 6.92 Å². The molecule has 7 heteroatoms. The summed E-state index contributed by atoms with van der Waals surface area (Å²) in [6.45, 7) is 2.12. The first-order valence-corrected chi connectivity index (χ1v) is 7.32. The number of hydrogen-bond donors (Lipinski definition) is 2. The molecule has 1 aromatic heterocycles. The van der Waals surface area contributed by atoms with Gasteiger partial charge >= 0.3 is 11.9 Å². The van der Waals surface area contributed by atoms with E-state index in [4.69, 9.17) is 0 Å². The van der Waals surface area contributed by atoms with Crippen LogP contribution < -0.4 is 10.6 Å². The Morgan fingerprint density at radius 1 is 1.13 bits per heavy atom. The monoisotopic (exact) mass is 317 g/mol. The van der Waals surface area contributed by atoms with Gasteiger partial charge in [0.15, 0.2) is 0 Å². The first-order valence-electron chi connectivity index (χ1n) is 7.32. The Morgan fingerprint density at radius 2 is 1.83 bits per heavy atom. The molecule has 1 heterocycles. The Bertz CT molecular complexity index is 736. The normalized spacial score (nSPS) is 10.3. The first-order chi connectivity index (χ1) is 11.0. The molecule has 2 N–H and O–H groups in total. The number of fused-ring (bicyclic) bond motifs is 1. The molecule has 2 rings (SSSR count). The summed E-state index contributed by atoms with van der Waals surface area (Å²) in [4.78, 5) is 34.6. The second-order valence-corrected chi connectivity index (χ2v) is 4.88. The predicted molar refractivity (Wildman–Crippen MR) is 84.9 cm³/mol. The van der Waals surface area contributed by atoms with E-state index in [1.807, 2.05) is 41.9 Å². The van der Waals surface area contributed by atoms with E-state index in [-0.39, 0.29) is 25.6 Å². The highest BCUT2D eigenvalue weighted by Gasteiger charge is 2.15. The molecule has 0 bridgehead atoms. The van der Waals surface area contributed by atoms with Crippen LogP contribution in [0.1, 0.15) is 17.4 Å². The molecule has 0 unspecified atom stereocenters. The second-order valence-electron chi connectivity index (χ2n) is 4.88. The fraction of sp³-hybridized carbons (Fsp3) is 0.312. The lowest BCUT2D eigenvalue weighted by Gasteiger charge is -2.07. The second kappa shape index (κ2) is 7.44. The van der Waals surface area contributed by atoms with Crippen LogP contribution in [0.15, 0.2) is 30.3 Å². The van der Waals surface area contributed by atoms with Crippen LogP contribution in [-0.4, -0.2) is 42.0 Å². The molecule has 0 atom stereocenters. The van der Waals surface area contributed by atoms with Gasteiger partial charge in [0.05, 0.1) is 6.61 Å². The Morgan fingerprint density at radius 3 is 2.52 bits per heavy atom. The molecule has 0 saturated heterocycles. The summed E-state index contributed by atoms with van der Waals surface area (Å²) in [7, 11) is 1.82. The van der Waals surface area contributed by atoms with Crippen LogP contribution >= 0.6 is 0 Å². The van der Waals surface area contributed by atoms with Crippen molar-refractivity contribution in [2.45, 2.75) is 6.92 Å². The zero-order chi connectivity index (χ0) is 16.8. The summed E-state index contributed by atoms with van der Waals surface area (Å²) in [5.41, 5.74) is 1.50. The molecule has 0 spiro atoms. The van der Waals surface area contributed by atoms with Crippen molar-refractivity contribution >= 4 is 28.7 Å². The van der Waals surface area contributed by atoms with E-state index in [0.717, 1.165) is 10.9 Å². The summed E-state index contributed by atoms with van der Waals surface area (Å²) >= 11 is 0. The summed E-state index contributed by atoms with van der Waals surface area (Å²) in [5, 5.41) is 6.06. The number of nitrogens with one attached hydrogen (secondary N) is 2. The van der Waals surface area contributed by atoms with E-state index in [1.165, 1.54) is 0 Å². The van der Waals surface area contributed by atoms with Crippen molar-refractivity contribution in [3.05, 3.63) is 36.0 Å². The number of hydrogen-bond acceptors (Lipinski definition) is 4. The zero-order valence-electron chi connectivity index (χ0n) is 13.1. The molecule has 2 aromatic rings. The molecule has 0 radical (unpaired) electrons. The first kappa shape index (κ1) is 16.5. The predicted octanol–water partition coefficient (Wildman–Crippen LogP) is 0.587. The number of carbonyl (C=O) groups is 3. The van der Waals surface area contributed by atoms with Crippen molar-refractivity contribution < 1.29 is 19.1 Å². The summed E-state index contributed by atoms with van der Waals surface area (Å²) in [5.74, 6) is -1.98. The van der Waals surface area contributed by atoms with E-state index in [9.17, 15) is 14.4 Å². The zero-order valence-corrected chi connectivity index (χ0v) is 13.1. The SMILES string of the molecule is CCOC(=O)C(=O)NCCNC(=O)c1cc2ccccc2n1C. The number of rotatable bonds is 5. The van der Waals surface area contributed by atoms with E-state index in [0.29, 0.717) is 5.69 Å². The number of carbonyl (C=O) groups excluding carboxylic acids is 3. The van der Waals surface area contributed by atoms with Gasteiger partial charge in [-0.25, -0.2) is 4.79 Å². The van der Waals surface area contributed by atoms with Crippen LogP contribution in [0.25, 0.3) is 10.9 Å². The maximum absolute atomic E-state index is 12.2. The molecule has 7 nitrogen and oxygen atoms in total. The van der Waals surface area contributed by atoms with Gasteiger partial charge in [0.1, 0.15) is 5.69 Å². The minimum atomic E-state index is -0.924. The fourth-order valence-corrected chi connectivity index (χ4v) is 2.22. The topological polar surface area (TPSA) is 89.4 Å². The van der Waals surface area contributed by atoms with Crippen molar-refractivity contribution in [1.29, 1.82) is 0 Å². The van der Waals surface area contributed by atoms with Crippen LogP contribution in [0.4, 0.5) is 0 Å². The van der Waals surface area contributed by atoms with E-state index >= 15 is 0 Å². The van der Waals surface area contributed by atoms with Gasteiger partial charge in [-0.3, -0.25) is 9.59 Å². The fourth-order valence-electron chi connectivity index (χ4n) is 2.22. The summed E-state index contributed by atoms with van der Waals surface area (Å²) in [6, 6.07) is 9.50. The maximum Gasteiger partial charge on any atom is 0.396 e. The number of amides is 2. The third kappa shape index (κ3) is 3.88. The van der Waals surface area contributed by atoms with Crippen molar-refractivity contribution in [3.8, 4) is 0 Å². The van der Waals surface area contributed by atoms with Gasteiger partial charge in [0.25, 0.3) is 5.91 Å². The average molecular weight is 317 g/mol. The molecule has 2 amide bonds. The number of benzene rings is 1. The van der Waals surface area contributed by atoms with Crippen molar-refractivity contribution in [1.82, 2.24) is 15.2 Å². The number of ether oxygens (including phenoxy) is 1. The Balaban J connectivity index is 1.86. The van der Waals surface area contributed by atoms with Gasteiger partial charge in [-0.1, -0.05) is 18.2 Å². The van der Waals surface area contributed by atoms with Crippen LogP contribution in [0.5, 0.6) is 0 Å². The lowest BCUT2D eigenvalue weighted by molar-refractivity contribution is -0.154. The number of esters is 1. The minimum absolute atomic E-state index is 0.143. The molecular formula is C16H19N3O4. The van der Waals surface area contributed by atoms with Crippen LogP contribution in [0.2, 0.25) is 0 Å². The van der Waals surface area contributed by atoms with Gasteiger partial charge in [0.2, 0.25) is 0 Å². The smallest absolute Gasteiger partial charge is 0.396 e. The Kier molecular flexibility index (Phi) is 5.35. The molecule has 23 heavy (non-hydrogen) atoms. The summed E-state index contributed by atoms with van der Waals surface area (Å²) in [6.07, 6.45) is 0. The number of aryl methyl sites for hydroxylation is 1. The van der Waals surface area contributed by atoms with Crippen molar-refractivity contribution in [3.63, 3.8) is 0 Å². The standard InChI is InChI=1S/C16H19N3O4/c1-3-23-16(22)15(21)18-9-8-17-14(20)13-10-11-6-4-5-7-12(11)19(13)2/h4-7,10H,3,8-9H2,1-2H3,(H,17,20)(H,18,21). The third-order valence-electron chi connectivity index (χ3n) is 3.34. The molecule has 1 aromatic carbocycles. The van der Waals surface area contributed by atoms with Crippen LogP contribution in [0.3, 0.4) is 0 Å². The van der Waals surface area contributed by atoms with Crippen LogP contribution in [0, 0.1) is 0 Å². The lowest BCUT2D eigenvalue weighted by Crippen LogP contribution is -2.38. The molecule has 0 saturated carbocycles. The molecule has 0 aliphatic rings. The molecular weight excluding hydrogens is 298 g/mol. The third-order valence-corrected chi connectivity index (χ3v) is 3.34.